The summed E-state index contributed by atoms with van der Waals surface area (Å²) in [7, 11) is 0. The maximum absolute atomic E-state index is 10.6. The van der Waals surface area contributed by atoms with Crippen LogP contribution in [0.4, 0.5) is 4.79 Å². The lowest BCUT2D eigenvalue weighted by Gasteiger charge is -1.98. The molecule has 0 aromatic heterocycles. The van der Waals surface area contributed by atoms with Crippen LogP contribution in [0.1, 0.15) is 0 Å². The molecule has 0 rings (SSSR count). The number of nitrogens with one attached hydrogen (secondary N) is 2. The Morgan fingerprint density at radius 2 is 2.25 bits per heavy atom. The summed E-state index contributed by atoms with van der Waals surface area (Å²) in [6.45, 7) is 6.06. The highest BCUT2D eigenvalue weighted by Crippen LogP contribution is 1.65. The summed E-state index contributed by atoms with van der Waals surface area (Å²) in [6, 6.07) is 1.10. The number of ketones is 1. The van der Waals surface area contributed by atoms with E-state index in [4.69, 9.17) is 6.57 Å². The van der Waals surface area contributed by atoms with Gasteiger partial charge in [-0.25, -0.2) is 10.2 Å². The minimum Gasteiger partial charge on any atom is -0.351 e. The number of hydrogen-bond acceptors (Lipinski definition) is 3. The normalized spacial score (nSPS) is 7.25. The van der Waals surface area contributed by atoms with Crippen LogP contribution < -0.4 is 16.6 Å². The molecule has 0 atom stereocenters. The summed E-state index contributed by atoms with van der Waals surface area (Å²) < 4.78 is 0. The van der Waals surface area contributed by atoms with E-state index in [2.05, 4.69) is 16.0 Å². The van der Waals surface area contributed by atoms with Gasteiger partial charge in [0.2, 0.25) is 5.78 Å². The van der Waals surface area contributed by atoms with Gasteiger partial charge in [0.1, 0.15) is 12.6 Å². The Labute approximate surface area is 68.9 Å². The summed E-state index contributed by atoms with van der Waals surface area (Å²) in [4.78, 5) is 23.3. The van der Waals surface area contributed by atoms with Crippen molar-refractivity contribution in [3.63, 3.8) is 0 Å². The van der Waals surface area contributed by atoms with Crippen molar-refractivity contribution in [3.8, 4) is 12.0 Å². The minimum absolute atomic E-state index is 0.175. The second-order valence-corrected chi connectivity index (χ2v) is 1.61. The maximum atomic E-state index is 10.6. The predicted molar refractivity (Wildman–Crippen MR) is 40.1 cm³/mol. The number of primary amides is 1. The Balaban J connectivity index is 3.60. The molecule has 0 saturated heterocycles. The van der Waals surface area contributed by atoms with Crippen LogP contribution in [-0.2, 0) is 4.79 Å². The number of urea groups is 1. The Morgan fingerprint density at radius 1 is 1.58 bits per heavy atom. The highest BCUT2D eigenvalue weighted by Gasteiger charge is 1.94. The fraction of sp³-hybridized carbons (Fsp3) is 0.167. The monoisotopic (exact) mass is 166 g/mol. The van der Waals surface area contributed by atoms with E-state index in [0.29, 0.717) is 0 Å². The van der Waals surface area contributed by atoms with Gasteiger partial charge in [-0.15, -0.1) is 0 Å². The van der Waals surface area contributed by atoms with Crippen LogP contribution in [0.5, 0.6) is 0 Å². The molecule has 0 fully saturated rings. The van der Waals surface area contributed by atoms with Gasteiger partial charge in [0.05, 0.1) is 6.54 Å². The quantitative estimate of drug-likeness (QED) is 0.274. The average molecular weight is 166 g/mol. The Bertz CT molecular complexity index is 280. The number of carbonyl (C=O) groups is 2. The molecule has 6 nitrogen and oxygen atoms in total. The van der Waals surface area contributed by atoms with Crippen molar-refractivity contribution < 1.29 is 9.59 Å². The van der Waals surface area contributed by atoms with Gasteiger partial charge in [0.25, 0.3) is 0 Å². The van der Waals surface area contributed by atoms with Gasteiger partial charge in [-0.1, -0.05) is 5.92 Å². The number of rotatable bonds is 3. The zero-order valence-electron chi connectivity index (χ0n) is 6.05. The van der Waals surface area contributed by atoms with E-state index in [0.717, 1.165) is 0 Å². The second kappa shape index (κ2) is 5.71. The summed E-state index contributed by atoms with van der Waals surface area (Å²) in [5, 5.41) is 0. The van der Waals surface area contributed by atoms with E-state index < -0.39 is 11.8 Å². The largest absolute Gasteiger partial charge is 0.351 e. The molecule has 0 heterocycles. The molecule has 6 heteroatoms. The number of hydrazine groups is 1. The molecule has 12 heavy (non-hydrogen) atoms. The number of Topliss-reactive ketones (excluding diaryl/α,β-unsaturated/α-hetero) is 1. The van der Waals surface area contributed by atoms with Crippen molar-refractivity contribution in [2.45, 2.75) is 0 Å². The van der Waals surface area contributed by atoms with Crippen molar-refractivity contribution in [3.05, 3.63) is 11.4 Å². The number of carbonyl (C=O) groups excluding carboxylic acids is 2. The molecule has 4 N–H and O–H groups in total. The predicted octanol–water partition coefficient (Wildman–Crippen LogP) is -1.39. The van der Waals surface area contributed by atoms with E-state index in [9.17, 15) is 9.59 Å². The summed E-state index contributed by atoms with van der Waals surface area (Å²) in [5.41, 5.74) is 8.86. The number of nitrogens with zero attached hydrogens (tertiary/aromatic N) is 1. The molecule has 0 aliphatic rings. The third-order valence-electron chi connectivity index (χ3n) is 0.712. The molecule has 0 saturated carbocycles. The molecule has 0 unspecified atom stereocenters. The molecule has 0 radical (unpaired) electrons. The van der Waals surface area contributed by atoms with E-state index in [1.165, 1.54) is 0 Å². The van der Waals surface area contributed by atoms with E-state index in [1.807, 2.05) is 17.4 Å². The Morgan fingerprint density at radius 3 is 2.75 bits per heavy atom. The zero-order chi connectivity index (χ0) is 9.40. The molecule has 0 aromatic carbocycles. The molecule has 62 valence electrons. The van der Waals surface area contributed by atoms with E-state index in [-0.39, 0.29) is 6.54 Å². The van der Waals surface area contributed by atoms with Crippen molar-refractivity contribution >= 4 is 11.8 Å². The van der Waals surface area contributed by atoms with Crippen LogP contribution in [0, 0.1) is 18.5 Å². The van der Waals surface area contributed by atoms with Gasteiger partial charge in [0, 0.05) is 0 Å². The SMILES string of the molecule is [C-]#[N+]C#CC(=O)CNNC(N)=O. The average Bonchev–Trinajstić information content (AvgIpc) is 2.00. The van der Waals surface area contributed by atoms with Crippen LogP contribution >= 0.6 is 0 Å². The van der Waals surface area contributed by atoms with Crippen LogP contribution in [-0.4, -0.2) is 18.4 Å². The molecule has 0 spiro atoms. The van der Waals surface area contributed by atoms with Gasteiger partial charge < -0.3 is 5.73 Å². The van der Waals surface area contributed by atoms with Gasteiger partial charge in [-0.05, 0) is 0 Å². The molecular formula is C6H6N4O2. The lowest BCUT2D eigenvalue weighted by molar-refractivity contribution is -0.113. The van der Waals surface area contributed by atoms with Gasteiger partial charge >= 0.3 is 6.03 Å². The topological polar surface area (TPSA) is 88.6 Å². The number of amides is 2. The fourth-order valence-corrected chi connectivity index (χ4v) is 0.346. The highest BCUT2D eigenvalue weighted by atomic mass is 16.2. The van der Waals surface area contributed by atoms with Crippen molar-refractivity contribution in [1.82, 2.24) is 10.9 Å². The van der Waals surface area contributed by atoms with Gasteiger partial charge in [-0.3, -0.25) is 10.2 Å². The van der Waals surface area contributed by atoms with E-state index in [1.54, 1.807) is 0 Å². The molecule has 0 aliphatic heterocycles. The number of nitrogens with two attached hydrogens (primary N) is 1. The first-order valence-corrected chi connectivity index (χ1v) is 2.85. The van der Waals surface area contributed by atoms with Crippen LogP contribution in [0.15, 0.2) is 0 Å². The van der Waals surface area contributed by atoms with Crippen LogP contribution in [0.2, 0.25) is 0 Å². The van der Waals surface area contributed by atoms with Crippen molar-refractivity contribution in [2.75, 3.05) is 6.54 Å². The lowest BCUT2D eigenvalue weighted by Crippen LogP contribution is -2.43. The second-order valence-electron chi connectivity index (χ2n) is 1.61. The molecule has 0 aromatic rings. The zero-order valence-corrected chi connectivity index (χ0v) is 6.05. The minimum atomic E-state index is -0.791. The van der Waals surface area contributed by atoms with Gasteiger partial charge in [-0.2, -0.15) is 4.85 Å². The molecule has 0 bridgehead atoms. The first kappa shape index (κ1) is 9.95. The van der Waals surface area contributed by atoms with Crippen molar-refractivity contribution in [1.29, 1.82) is 0 Å². The number of hydrogen-bond donors (Lipinski definition) is 3. The fourth-order valence-electron chi connectivity index (χ4n) is 0.346. The first-order chi connectivity index (χ1) is 5.66. The lowest BCUT2D eigenvalue weighted by atomic mass is 10.4. The third kappa shape index (κ3) is 6.08. The molecule has 2 amide bonds. The van der Waals surface area contributed by atoms with Crippen LogP contribution in [0.25, 0.3) is 4.85 Å². The highest BCUT2D eigenvalue weighted by molar-refractivity contribution is 5.97. The van der Waals surface area contributed by atoms with Crippen molar-refractivity contribution in [2.24, 2.45) is 5.73 Å². The summed E-state index contributed by atoms with van der Waals surface area (Å²) in [5.74, 6) is 1.51. The Hall–Kier alpha value is -2.05. The van der Waals surface area contributed by atoms with Gasteiger partial charge in [0.15, 0.2) is 0 Å². The van der Waals surface area contributed by atoms with E-state index >= 15 is 0 Å². The first-order valence-electron chi connectivity index (χ1n) is 2.85. The third-order valence-corrected chi connectivity index (χ3v) is 0.712. The standard InChI is InChI=1S/C6H6N4O2/c1-8-3-2-5(11)4-9-10-6(7)12/h9H,4H2,(H3,7,10,12). The molecular weight excluding hydrogens is 160 g/mol. The summed E-state index contributed by atoms with van der Waals surface area (Å²) in [6.07, 6.45) is 0. The Kier molecular flexibility index (Phi) is 4.74. The summed E-state index contributed by atoms with van der Waals surface area (Å²) >= 11 is 0. The maximum Gasteiger partial charge on any atom is 0.326 e. The molecule has 0 aliphatic carbocycles. The smallest absolute Gasteiger partial charge is 0.326 e. The van der Waals surface area contributed by atoms with Crippen LogP contribution in [0.3, 0.4) is 0 Å².